The molecule has 6 heteroatoms. The lowest BCUT2D eigenvalue weighted by Gasteiger charge is -2.12. The summed E-state index contributed by atoms with van der Waals surface area (Å²) in [5.74, 6) is 0.950. The molecule has 0 aliphatic heterocycles. The summed E-state index contributed by atoms with van der Waals surface area (Å²) < 4.78 is 5.32. The normalized spacial score (nSPS) is 10.5. The highest BCUT2D eigenvalue weighted by atomic mass is 16.5. The van der Waals surface area contributed by atoms with Gasteiger partial charge in [0, 0.05) is 23.5 Å². The van der Waals surface area contributed by atoms with E-state index in [9.17, 15) is 4.79 Å². The van der Waals surface area contributed by atoms with Crippen molar-refractivity contribution in [1.82, 2.24) is 15.0 Å². The van der Waals surface area contributed by atoms with Crippen molar-refractivity contribution in [2.75, 3.05) is 12.4 Å². The number of aldehydes is 1. The number of carbonyl (C=O) groups excluding carboxylic acids is 1. The molecule has 110 valence electrons. The summed E-state index contributed by atoms with van der Waals surface area (Å²) in [4.78, 5) is 23.8. The van der Waals surface area contributed by atoms with Crippen LogP contribution in [-0.4, -0.2) is 34.4 Å². The number of methoxy groups -OCH3 is 1. The highest BCUT2D eigenvalue weighted by Crippen LogP contribution is 2.27. The maximum absolute atomic E-state index is 10.8. The fourth-order valence-electron chi connectivity index (χ4n) is 1.87. The van der Waals surface area contributed by atoms with Gasteiger partial charge in [0.15, 0.2) is 6.29 Å². The highest BCUT2D eigenvalue weighted by Gasteiger charge is 2.12. The van der Waals surface area contributed by atoms with Crippen LogP contribution in [0, 0.1) is 6.92 Å². The molecule has 0 bridgehead atoms. The molecule has 6 nitrogen and oxygen atoms in total. The molecular weight excluding hydrogens is 268 g/mol. The molecule has 0 unspecified atom stereocenters. The van der Waals surface area contributed by atoms with Gasteiger partial charge in [-0.25, -0.2) is 4.98 Å². The van der Waals surface area contributed by atoms with Crippen LogP contribution in [0.2, 0.25) is 0 Å². The molecule has 0 radical (unpaired) electrons. The number of aryl methyl sites for hydroxylation is 1. The molecule has 2 heterocycles. The third-order valence-electron chi connectivity index (χ3n) is 2.89. The first kappa shape index (κ1) is 14.9. The van der Waals surface area contributed by atoms with Gasteiger partial charge in [0.2, 0.25) is 11.8 Å². The van der Waals surface area contributed by atoms with Gasteiger partial charge in [-0.05, 0) is 32.9 Å². The molecular formula is C15H18N4O2. The minimum Gasteiger partial charge on any atom is -0.480 e. The lowest BCUT2D eigenvalue weighted by atomic mass is 10.1. The average Bonchev–Trinajstić information content (AvgIpc) is 2.46. The molecule has 2 rings (SSSR count). The lowest BCUT2D eigenvalue weighted by Crippen LogP contribution is -2.13. The van der Waals surface area contributed by atoms with Crippen LogP contribution in [0.3, 0.4) is 0 Å². The fourth-order valence-corrected chi connectivity index (χ4v) is 1.87. The molecule has 21 heavy (non-hydrogen) atoms. The van der Waals surface area contributed by atoms with E-state index in [0.717, 1.165) is 6.29 Å². The lowest BCUT2D eigenvalue weighted by molar-refractivity contribution is 0.112. The van der Waals surface area contributed by atoms with E-state index in [2.05, 4.69) is 20.3 Å². The van der Waals surface area contributed by atoms with Crippen molar-refractivity contribution < 1.29 is 9.53 Å². The van der Waals surface area contributed by atoms with E-state index in [1.165, 1.54) is 0 Å². The van der Waals surface area contributed by atoms with E-state index in [1.54, 1.807) is 32.4 Å². The van der Waals surface area contributed by atoms with E-state index in [-0.39, 0.29) is 6.04 Å². The van der Waals surface area contributed by atoms with Gasteiger partial charge in [-0.15, -0.1) is 0 Å². The van der Waals surface area contributed by atoms with Crippen LogP contribution in [0.15, 0.2) is 18.3 Å². The largest absolute Gasteiger partial charge is 0.480 e. The van der Waals surface area contributed by atoms with E-state index < -0.39 is 0 Å². The Labute approximate surface area is 123 Å². The number of carbonyl (C=O) groups is 1. The van der Waals surface area contributed by atoms with Gasteiger partial charge in [0.1, 0.15) is 0 Å². The number of ether oxygens (including phenoxy) is 1. The smallest absolute Gasteiger partial charge is 0.227 e. The van der Waals surface area contributed by atoms with Gasteiger partial charge in [0.05, 0.1) is 18.4 Å². The molecule has 1 N–H and O–H groups in total. The van der Waals surface area contributed by atoms with Crippen molar-refractivity contribution in [2.45, 2.75) is 26.8 Å². The predicted octanol–water partition coefficient (Wildman–Crippen LogP) is 2.49. The number of pyridine rings is 1. The molecule has 0 atom stereocenters. The van der Waals surface area contributed by atoms with Crippen molar-refractivity contribution >= 4 is 12.2 Å². The Morgan fingerprint density at radius 1 is 1.29 bits per heavy atom. The zero-order chi connectivity index (χ0) is 15.4. The van der Waals surface area contributed by atoms with Crippen LogP contribution >= 0.6 is 0 Å². The Bertz CT molecular complexity index is 656. The second kappa shape index (κ2) is 6.30. The average molecular weight is 286 g/mol. The Morgan fingerprint density at radius 3 is 2.62 bits per heavy atom. The number of anilines is 1. The van der Waals surface area contributed by atoms with Crippen LogP contribution in [0.1, 0.15) is 29.9 Å². The number of hydrogen-bond acceptors (Lipinski definition) is 6. The number of aromatic nitrogens is 3. The monoisotopic (exact) mass is 286 g/mol. The summed E-state index contributed by atoms with van der Waals surface area (Å²) >= 11 is 0. The van der Waals surface area contributed by atoms with Crippen LogP contribution in [0.25, 0.3) is 11.3 Å². The zero-order valence-electron chi connectivity index (χ0n) is 12.5. The standard InChI is InChI=1S/C15H18N4O2/c1-9(2)17-15-16-7-12(14(19-15)21-4)13-6-5-11(8-20)10(3)18-13/h5-9H,1-4H3,(H,16,17,19). The topological polar surface area (TPSA) is 77.0 Å². The quantitative estimate of drug-likeness (QED) is 0.851. The van der Waals surface area contributed by atoms with E-state index in [4.69, 9.17) is 4.74 Å². The Morgan fingerprint density at radius 2 is 2.05 bits per heavy atom. The van der Waals surface area contributed by atoms with Crippen LogP contribution in [0.5, 0.6) is 5.88 Å². The summed E-state index contributed by atoms with van der Waals surface area (Å²) in [5, 5.41) is 3.12. The molecule has 0 amide bonds. The van der Waals surface area contributed by atoms with Gasteiger partial charge in [-0.2, -0.15) is 4.98 Å². The van der Waals surface area contributed by atoms with Gasteiger partial charge in [-0.3, -0.25) is 9.78 Å². The summed E-state index contributed by atoms with van der Waals surface area (Å²) in [6.45, 7) is 5.80. The molecule has 0 spiro atoms. The predicted molar refractivity (Wildman–Crippen MR) is 80.7 cm³/mol. The minimum atomic E-state index is 0.229. The Balaban J connectivity index is 2.43. The molecule has 0 aromatic carbocycles. The molecule has 0 saturated carbocycles. The van der Waals surface area contributed by atoms with Gasteiger partial charge in [-0.1, -0.05) is 0 Å². The number of nitrogens with one attached hydrogen (secondary N) is 1. The second-order valence-corrected chi connectivity index (χ2v) is 4.90. The Kier molecular flexibility index (Phi) is 4.47. The first-order valence-electron chi connectivity index (χ1n) is 6.66. The van der Waals surface area contributed by atoms with Crippen molar-refractivity contribution in [3.05, 3.63) is 29.6 Å². The molecule has 2 aromatic rings. The van der Waals surface area contributed by atoms with Gasteiger partial charge >= 0.3 is 0 Å². The second-order valence-electron chi connectivity index (χ2n) is 4.90. The number of rotatable bonds is 5. The van der Waals surface area contributed by atoms with Crippen LogP contribution < -0.4 is 10.1 Å². The van der Waals surface area contributed by atoms with Crippen LogP contribution in [-0.2, 0) is 0 Å². The SMILES string of the molecule is COc1nc(NC(C)C)ncc1-c1ccc(C=O)c(C)n1. The first-order chi connectivity index (χ1) is 10.0. The molecule has 0 fully saturated rings. The third-order valence-corrected chi connectivity index (χ3v) is 2.89. The summed E-state index contributed by atoms with van der Waals surface area (Å²) in [5.41, 5.74) is 2.59. The molecule has 0 aliphatic rings. The van der Waals surface area contributed by atoms with Gasteiger partial charge < -0.3 is 10.1 Å². The molecule has 2 aromatic heterocycles. The summed E-state index contributed by atoms with van der Waals surface area (Å²) in [7, 11) is 1.55. The van der Waals surface area contributed by atoms with Crippen molar-refractivity contribution in [3.8, 4) is 17.1 Å². The first-order valence-corrected chi connectivity index (χ1v) is 6.66. The van der Waals surface area contributed by atoms with E-state index in [0.29, 0.717) is 34.3 Å². The third kappa shape index (κ3) is 3.34. The van der Waals surface area contributed by atoms with Gasteiger partial charge in [0.25, 0.3) is 0 Å². The summed E-state index contributed by atoms with van der Waals surface area (Å²) in [6, 6.07) is 3.71. The number of nitrogens with zero attached hydrogens (tertiary/aromatic N) is 3. The fraction of sp³-hybridized carbons (Fsp3) is 0.333. The molecule has 0 aliphatic carbocycles. The van der Waals surface area contributed by atoms with Crippen LogP contribution in [0.4, 0.5) is 5.95 Å². The Hall–Kier alpha value is -2.50. The maximum Gasteiger partial charge on any atom is 0.227 e. The molecule has 0 saturated heterocycles. The van der Waals surface area contributed by atoms with E-state index >= 15 is 0 Å². The van der Waals surface area contributed by atoms with Crippen molar-refractivity contribution in [2.24, 2.45) is 0 Å². The summed E-state index contributed by atoms with van der Waals surface area (Å²) in [6.07, 6.45) is 2.45. The van der Waals surface area contributed by atoms with Crippen molar-refractivity contribution in [1.29, 1.82) is 0 Å². The van der Waals surface area contributed by atoms with E-state index in [1.807, 2.05) is 13.8 Å². The van der Waals surface area contributed by atoms with Crippen molar-refractivity contribution in [3.63, 3.8) is 0 Å². The minimum absolute atomic E-state index is 0.229. The maximum atomic E-state index is 10.8. The zero-order valence-corrected chi connectivity index (χ0v) is 12.5. The number of hydrogen-bond donors (Lipinski definition) is 1. The highest BCUT2D eigenvalue weighted by molar-refractivity contribution is 5.77.